The summed E-state index contributed by atoms with van der Waals surface area (Å²) in [6.45, 7) is 5.42. The number of hydrogen-bond donors (Lipinski definition) is 0. The third-order valence-electron chi connectivity index (χ3n) is 4.01. The summed E-state index contributed by atoms with van der Waals surface area (Å²) in [6, 6.07) is 8.20. The average Bonchev–Trinajstić information content (AvgIpc) is 3.15. The van der Waals surface area contributed by atoms with Gasteiger partial charge in [0.1, 0.15) is 0 Å². The van der Waals surface area contributed by atoms with Gasteiger partial charge in [-0.25, -0.2) is 13.4 Å². The number of fused-ring (bicyclic) bond motifs is 3. The topological polar surface area (TPSA) is 77.2 Å². The Morgan fingerprint density at radius 3 is 2.67 bits per heavy atom. The Morgan fingerprint density at radius 2 is 2.00 bits per heavy atom. The summed E-state index contributed by atoms with van der Waals surface area (Å²) >= 11 is 0. The van der Waals surface area contributed by atoms with Crippen LogP contribution in [-0.4, -0.2) is 28.2 Å². The van der Waals surface area contributed by atoms with E-state index in [2.05, 4.69) is 21.9 Å². The fraction of sp³-hybridized carbons (Fsp3) is 0.150. The number of aromatic nitrogens is 4. The predicted molar refractivity (Wildman–Crippen MR) is 105 cm³/mol. The SMILES string of the molecule is C=C/C=C\C.O=S(=O)(c1ccccc1)c1nnn2c3c(cnc12)CCC=C3. The van der Waals surface area contributed by atoms with Crippen LogP contribution in [0.4, 0.5) is 0 Å². The molecule has 0 atom stereocenters. The molecule has 0 bridgehead atoms. The zero-order valence-corrected chi connectivity index (χ0v) is 15.8. The zero-order chi connectivity index (χ0) is 19.3. The van der Waals surface area contributed by atoms with E-state index in [1.807, 2.05) is 31.2 Å². The summed E-state index contributed by atoms with van der Waals surface area (Å²) in [7, 11) is -3.73. The lowest BCUT2D eigenvalue weighted by molar-refractivity contribution is 0.592. The molecule has 27 heavy (non-hydrogen) atoms. The van der Waals surface area contributed by atoms with Crippen molar-refractivity contribution >= 4 is 21.6 Å². The minimum absolute atomic E-state index is 0.111. The van der Waals surface area contributed by atoms with Gasteiger partial charge < -0.3 is 0 Å². The molecule has 0 fully saturated rings. The summed E-state index contributed by atoms with van der Waals surface area (Å²) in [5.74, 6) is 0. The molecule has 4 rings (SSSR count). The fourth-order valence-corrected chi connectivity index (χ4v) is 3.96. The Labute approximate surface area is 158 Å². The van der Waals surface area contributed by atoms with Crippen LogP contribution < -0.4 is 0 Å². The van der Waals surface area contributed by atoms with Gasteiger partial charge in [-0.15, -0.1) is 5.10 Å². The predicted octanol–water partition coefficient (Wildman–Crippen LogP) is 3.67. The minimum atomic E-state index is -3.73. The molecule has 1 aliphatic carbocycles. The Bertz CT molecular complexity index is 1110. The maximum atomic E-state index is 12.7. The molecule has 1 aromatic carbocycles. The summed E-state index contributed by atoms with van der Waals surface area (Å²) in [5, 5.41) is 7.77. The molecule has 138 valence electrons. The zero-order valence-electron chi connectivity index (χ0n) is 15.0. The van der Waals surface area contributed by atoms with E-state index < -0.39 is 9.84 Å². The Morgan fingerprint density at radius 1 is 1.22 bits per heavy atom. The van der Waals surface area contributed by atoms with Gasteiger partial charge in [0.25, 0.3) is 0 Å². The van der Waals surface area contributed by atoms with Crippen molar-refractivity contribution in [3.8, 4) is 0 Å². The number of benzene rings is 1. The second-order valence-electron chi connectivity index (χ2n) is 5.82. The van der Waals surface area contributed by atoms with Crippen molar-refractivity contribution in [3.63, 3.8) is 0 Å². The molecule has 0 unspecified atom stereocenters. The molecular weight excluding hydrogens is 360 g/mol. The molecule has 0 saturated heterocycles. The lowest BCUT2D eigenvalue weighted by Gasteiger charge is -2.10. The van der Waals surface area contributed by atoms with Crippen LogP contribution in [0, 0.1) is 0 Å². The van der Waals surface area contributed by atoms with Crippen LogP contribution >= 0.6 is 0 Å². The minimum Gasteiger partial charge on any atom is -0.234 e. The second-order valence-corrected chi connectivity index (χ2v) is 7.68. The smallest absolute Gasteiger partial charge is 0.229 e. The van der Waals surface area contributed by atoms with Gasteiger partial charge in [0.15, 0.2) is 5.65 Å². The number of sulfone groups is 1. The molecule has 0 spiro atoms. The number of allylic oxidation sites excluding steroid dienone is 4. The molecule has 0 saturated carbocycles. The first kappa shape index (κ1) is 18.7. The van der Waals surface area contributed by atoms with Gasteiger partial charge in [0.05, 0.1) is 10.6 Å². The van der Waals surface area contributed by atoms with Crippen LogP contribution in [0.5, 0.6) is 0 Å². The molecule has 6 nitrogen and oxygen atoms in total. The molecule has 0 aliphatic heterocycles. The van der Waals surface area contributed by atoms with E-state index in [1.165, 1.54) is 4.52 Å². The highest BCUT2D eigenvalue weighted by Gasteiger charge is 2.26. The lowest BCUT2D eigenvalue weighted by Crippen LogP contribution is -2.06. The number of rotatable bonds is 3. The first-order valence-corrected chi connectivity index (χ1v) is 10.0. The van der Waals surface area contributed by atoms with Crippen LogP contribution in [0.15, 0.2) is 77.3 Å². The quantitative estimate of drug-likeness (QED) is 0.648. The van der Waals surface area contributed by atoms with Crippen molar-refractivity contribution in [2.45, 2.75) is 29.7 Å². The highest BCUT2D eigenvalue weighted by atomic mass is 32.2. The standard InChI is InChI=1S/C15H12N4O2S.C5H8/c20-22(21,12-7-2-1-3-8-12)15-14-16-10-11-6-4-5-9-13(11)19(14)18-17-15;1-3-5-4-2/h1-3,5,7-10H,4,6H2;3-5H,1H2,2H3/b;5-4-. The van der Waals surface area contributed by atoms with Gasteiger partial charge in [-0.2, -0.15) is 4.52 Å². The van der Waals surface area contributed by atoms with E-state index in [9.17, 15) is 8.42 Å². The molecule has 7 heteroatoms. The van der Waals surface area contributed by atoms with Crippen LogP contribution in [0.3, 0.4) is 0 Å². The highest BCUT2D eigenvalue weighted by molar-refractivity contribution is 7.91. The Kier molecular flexibility index (Phi) is 5.61. The summed E-state index contributed by atoms with van der Waals surface area (Å²) < 4.78 is 26.9. The fourth-order valence-electron chi connectivity index (χ4n) is 2.70. The van der Waals surface area contributed by atoms with Crippen LogP contribution in [0.1, 0.15) is 24.6 Å². The molecule has 3 aromatic rings. The van der Waals surface area contributed by atoms with Gasteiger partial charge in [-0.1, -0.05) is 54.3 Å². The van der Waals surface area contributed by atoms with Gasteiger partial charge in [-0.05, 0) is 43.5 Å². The maximum Gasteiger partial charge on any atom is 0.229 e. The van der Waals surface area contributed by atoms with Crippen LogP contribution in [0.25, 0.3) is 11.7 Å². The van der Waals surface area contributed by atoms with E-state index in [0.29, 0.717) is 0 Å². The normalized spacial score (nSPS) is 13.2. The molecule has 0 radical (unpaired) electrons. The first-order chi connectivity index (χ1) is 13.1. The van der Waals surface area contributed by atoms with E-state index in [0.717, 1.165) is 24.1 Å². The first-order valence-electron chi connectivity index (χ1n) is 8.53. The molecule has 0 N–H and O–H groups in total. The largest absolute Gasteiger partial charge is 0.234 e. The van der Waals surface area contributed by atoms with Crippen LogP contribution in [-0.2, 0) is 16.3 Å². The highest BCUT2D eigenvalue weighted by Crippen LogP contribution is 2.25. The summed E-state index contributed by atoms with van der Waals surface area (Å²) in [6.07, 6.45) is 13.1. The van der Waals surface area contributed by atoms with Crippen molar-refractivity contribution < 1.29 is 8.42 Å². The van der Waals surface area contributed by atoms with E-state index in [1.54, 1.807) is 42.6 Å². The maximum absolute atomic E-state index is 12.7. The molecular formula is C20H20N4O2S. The Hall–Kier alpha value is -3.06. The van der Waals surface area contributed by atoms with Crippen molar-refractivity contribution in [2.24, 2.45) is 0 Å². The van der Waals surface area contributed by atoms with Crippen molar-refractivity contribution in [1.82, 2.24) is 19.8 Å². The Balaban J connectivity index is 0.000000376. The molecule has 1 aliphatic rings. The van der Waals surface area contributed by atoms with Crippen LogP contribution in [0.2, 0.25) is 0 Å². The van der Waals surface area contributed by atoms with Crippen molar-refractivity contribution in [3.05, 3.63) is 78.7 Å². The second kappa shape index (κ2) is 8.09. The van der Waals surface area contributed by atoms with Gasteiger partial charge in [0.2, 0.25) is 14.9 Å². The lowest BCUT2D eigenvalue weighted by atomic mass is 10.0. The van der Waals surface area contributed by atoms with Crippen molar-refractivity contribution in [2.75, 3.05) is 0 Å². The third-order valence-corrected chi connectivity index (χ3v) is 5.68. The number of aryl methyl sites for hydroxylation is 1. The van der Waals surface area contributed by atoms with Crippen molar-refractivity contribution in [1.29, 1.82) is 0 Å². The molecule has 2 aromatic heterocycles. The third kappa shape index (κ3) is 3.73. The van der Waals surface area contributed by atoms with E-state index in [4.69, 9.17) is 0 Å². The van der Waals surface area contributed by atoms with Gasteiger partial charge >= 0.3 is 0 Å². The van der Waals surface area contributed by atoms with Gasteiger partial charge in [0, 0.05) is 6.20 Å². The van der Waals surface area contributed by atoms with Gasteiger partial charge in [-0.3, -0.25) is 0 Å². The number of nitrogens with zero attached hydrogens (tertiary/aromatic N) is 4. The average molecular weight is 380 g/mol. The monoisotopic (exact) mass is 380 g/mol. The summed E-state index contributed by atoms with van der Waals surface area (Å²) in [5.41, 5.74) is 2.15. The van der Waals surface area contributed by atoms with E-state index >= 15 is 0 Å². The van der Waals surface area contributed by atoms with E-state index in [-0.39, 0.29) is 15.6 Å². The molecule has 2 heterocycles. The summed E-state index contributed by atoms with van der Waals surface area (Å²) in [4.78, 5) is 4.46. The molecule has 0 amide bonds. The number of hydrogen-bond acceptors (Lipinski definition) is 5.